The minimum atomic E-state index is -0.332. The predicted molar refractivity (Wildman–Crippen MR) is 52.7 cm³/mol. The lowest BCUT2D eigenvalue weighted by Crippen LogP contribution is -1.89. The maximum atomic E-state index is 12.9. The van der Waals surface area contributed by atoms with Gasteiger partial charge in [0.05, 0.1) is 11.1 Å². The topological polar surface area (TPSA) is 20.2 Å². The van der Waals surface area contributed by atoms with E-state index >= 15 is 0 Å². The maximum Gasteiger partial charge on any atom is 0.138 e. The standard InChI is InChI=1S/C7H5BrFIO/c8-7-5(9)1-4(3-11)2-6(7)10/h1-2,11H,3H2. The molecule has 0 aliphatic rings. The lowest BCUT2D eigenvalue weighted by atomic mass is 10.2. The van der Waals surface area contributed by atoms with Crippen molar-refractivity contribution in [2.24, 2.45) is 0 Å². The largest absolute Gasteiger partial charge is 0.392 e. The van der Waals surface area contributed by atoms with Gasteiger partial charge in [-0.3, -0.25) is 0 Å². The molecular formula is C7H5BrFIO. The number of benzene rings is 1. The highest BCUT2D eigenvalue weighted by atomic mass is 127. The van der Waals surface area contributed by atoms with Crippen molar-refractivity contribution in [3.05, 3.63) is 31.6 Å². The van der Waals surface area contributed by atoms with Crippen LogP contribution in [0.5, 0.6) is 0 Å². The normalized spacial score (nSPS) is 10.2. The van der Waals surface area contributed by atoms with Crippen LogP contribution >= 0.6 is 38.5 Å². The Labute approximate surface area is 85.9 Å². The fourth-order valence-corrected chi connectivity index (χ4v) is 1.59. The SMILES string of the molecule is OCc1cc(F)c(Br)c(I)c1. The van der Waals surface area contributed by atoms with Gasteiger partial charge in [0, 0.05) is 3.57 Å². The number of hydrogen-bond acceptors (Lipinski definition) is 1. The highest BCUT2D eigenvalue weighted by Gasteiger charge is 2.04. The summed E-state index contributed by atoms with van der Waals surface area (Å²) in [6, 6.07) is 3.04. The third kappa shape index (κ3) is 2.13. The molecule has 0 aliphatic carbocycles. The first-order chi connectivity index (χ1) is 5.15. The fraction of sp³-hybridized carbons (Fsp3) is 0.143. The summed E-state index contributed by atoms with van der Waals surface area (Å²) in [5, 5.41) is 8.69. The Morgan fingerprint density at radius 1 is 1.55 bits per heavy atom. The van der Waals surface area contributed by atoms with E-state index in [1.165, 1.54) is 6.07 Å². The molecule has 0 heterocycles. The van der Waals surface area contributed by atoms with E-state index in [1.807, 2.05) is 22.6 Å². The molecule has 4 heteroatoms. The van der Waals surface area contributed by atoms with Gasteiger partial charge < -0.3 is 5.11 Å². The van der Waals surface area contributed by atoms with Gasteiger partial charge in [0.25, 0.3) is 0 Å². The van der Waals surface area contributed by atoms with Crippen molar-refractivity contribution in [1.82, 2.24) is 0 Å². The number of rotatable bonds is 1. The van der Waals surface area contributed by atoms with E-state index in [4.69, 9.17) is 5.11 Å². The van der Waals surface area contributed by atoms with Crippen LogP contribution in [0.15, 0.2) is 16.6 Å². The second-order valence-electron chi connectivity index (χ2n) is 2.03. The average Bonchev–Trinajstić information content (AvgIpc) is 1.99. The summed E-state index contributed by atoms with van der Waals surface area (Å²) in [5.74, 6) is -0.332. The Balaban J connectivity index is 3.21. The van der Waals surface area contributed by atoms with Gasteiger partial charge in [0.15, 0.2) is 0 Å². The Bertz CT molecular complexity index is 254. The van der Waals surface area contributed by atoms with Crippen molar-refractivity contribution < 1.29 is 9.50 Å². The Kier molecular flexibility index (Phi) is 3.27. The van der Waals surface area contributed by atoms with Crippen LogP contribution in [-0.2, 0) is 6.61 Å². The van der Waals surface area contributed by atoms with Gasteiger partial charge in [-0.2, -0.15) is 0 Å². The summed E-state index contributed by atoms with van der Waals surface area (Å²) in [5.41, 5.74) is 0.593. The lowest BCUT2D eigenvalue weighted by molar-refractivity contribution is 0.281. The molecule has 1 N–H and O–H groups in total. The summed E-state index contributed by atoms with van der Waals surface area (Å²) >= 11 is 5.08. The Morgan fingerprint density at radius 3 is 2.64 bits per heavy atom. The minimum absolute atomic E-state index is 0.125. The smallest absolute Gasteiger partial charge is 0.138 e. The molecule has 0 atom stereocenters. The summed E-state index contributed by atoms with van der Waals surface area (Å²) in [7, 11) is 0. The third-order valence-electron chi connectivity index (χ3n) is 1.23. The summed E-state index contributed by atoms with van der Waals surface area (Å²) < 4.78 is 14.1. The molecule has 1 aromatic carbocycles. The zero-order valence-electron chi connectivity index (χ0n) is 5.44. The van der Waals surface area contributed by atoms with Crippen LogP contribution in [0, 0.1) is 9.39 Å². The summed E-state index contributed by atoms with van der Waals surface area (Å²) in [4.78, 5) is 0. The summed E-state index contributed by atoms with van der Waals surface area (Å²) in [6.45, 7) is -0.125. The van der Waals surface area contributed by atoms with Gasteiger partial charge in [-0.25, -0.2) is 4.39 Å². The van der Waals surface area contributed by atoms with Gasteiger partial charge in [-0.15, -0.1) is 0 Å². The van der Waals surface area contributed by atoms with Crippen molar-refractivity contribution in [1.29, 1.82) is 0 Å². The molecule has 0 aromatic heterocycles. The molecule has 1 nitrogen and oxygen atoms in total. The first-order valence-corrected chi connectivity index (χ1v) is 4.76. The van der Waals surface area contributed by atoms with Gasteiger partial charge in [-0.1, -0.05) is 0 Å². The van der Waals surface area contributed by atoms with Crippen LogP contribution in [0.2, 0.25) is 0 Å². The number of halogens is 3. The molecule has 0 saturated carbocycles. The highest BCUT2D eigenvalue weighted by Crippen LogP contribution is 2.23. The van der Waals surface area contributed by atoms with Crippen LogP contribution in [0.1, 0.15) is 5.56 Å². The monoisotopic (exact) mass is 330 g/mol. The molecule has 0 radical (unpaired) electrons. The van der Waals surface area contributed by atoms with Crippen LogP contribution < -0.4 is 0 Å². The molecule has 60 valence electrons. The molecule has 0 spiro atoms. The van der Waals surface area contributed by atoms with Crippen LogP contribution in [0.4, 0.5) is 4.39 Å². The van der Waals surface area contributed by atoms with Crippen molar-refractivity contribution in [3.8, 4) is 0 Å². The number of aliphatic hydroxyl groups is 1. The van der Waals surface area contributed by atoms with Crippen molar-refractivity contribution in [3.63, 3.8) is 0 Å². The van der Waals surface area contributed by atoms with E-state index in [0.29, 0.717) is 10.0 Å². The second-order valence-corrected chi connectivity index (χ2v) is 3.99. The van der Waals surface area contributed by atoms with Gasteiger partial charge in [0.1, 0.15) is 5.82 Å². The fourth-order valence-electron chi connectivity index (χ4n) is 0.699. The zero-order chi connectivity index (χ0) is 8.43. The van der Waals surface area contributed by atoms with Crippen molar-refractivity contribution >= 4 is 38.5 Å². The number of aliphatic hydroxyl groups excluding tert-OH is 1. The predicted octanol–water partition coefficient (Wildman–Crippen LogP) is 2.69. The maximum absolute atomic E-state index is 12.9. The first-order valence-electron chi connectivity index (χ1n) is 2.89. The molecule has 0 bridgehead atoms. The zero-order valence-corrected chi connectivity index (χ0v) is 9.19. The minimum Gasteiger partial charge on any atom is -0.392 e. The Hall–Kier alpha value is 0.320. The second kappa shape index (κ2) is 3.82. The van der Waals surface area contributed by atoms with E-state index < -0.39 is 0 Å². The van der Waals surface area contributed by atoms with E-state index in [9.17, 15) is 4.39 Å². The number of hydrogen-bond donors (Lipinski definition) is 1. The average molecular weight is 331 g/mol. The highest BCUT2D eigenvalue weighted by molar-refractivity contribution is 14.1. The quantitative estimate of drug-likeness (QED) is 0.620. The first kappa shape index (κ1) is 9.41. The van der Waals surface area contributed by atoms with Crippen molar-refractivity contribution in [2.75, 3.05) is 0 Å². The molecule has 1 rings (SSSR count). The van der Waals surface area contributed by atoms with E-state index in [0.717, 1.165) is 3.57 Å². The molecular weight excluding hydrogens is 326 g/mol. The van der Waals surface area contributed by atoms with E-state index in [2.05, 4.69) is 15.9 Å². The summed E-state index contributed by atoms with van der Waals surface area (Å²) in [6.07, 6.45) is 0. The molecule has 1 aromatic rings. The molecule has 0 amide bonds. The molecule has 0 fully saturated rings. The van der Waals surface area contributed by atoms with Crippen LogP contribution in [-0.4, -0.2) is 5.11 Å². The van der Waals surface area contributed by atoms with Gasteiger partial charge in [-0.05, 0) is 56.2 Å². The van der Waals surface area contributed by atoms with Crippen LogP contribution in [0.3, 0.4) is 0 Å². The van der Waals surface area contributed by atoms with E-state index in [-0.39, 0.29) is 12.4 Å². The third-order valence-corrected chi connectivity index (χ3v) is 3.62. The molecule has 0 unspecified atom stereocenters. The molecule has 0 saturated heterocycles. The molecule has 11 heavy (non-hydrogen) atoms. The van der Waals surface area contributed by atoms with Gasteiger partial charge in [0.2, 0.25) is 0 Å². The lowest BCUT2D eigenvalue weighted by Gasteiger charge is -2.00. The van der Waals surface area contributed by atoms with E-state index in [1.54, 1.807) is 6.07 Å². The van der Waals surface area contributed by atoms with Gasteiger partial charge >= 0.3 is 0 Å². The Morgan fingerprint density at radius 2 is 2.18 bits per heavy atom. The van der Waals surface area contributed by atoms with Crippen molar-refractivity contribution in [2.45, 2.75) is 6.61 Å². The van der Waals surface area contributed by atoms with Crippen LogP contribution in [0.25, 0.3) is 0 Å². The molecule has 0 aliphatic heterocycles.